The highest BCUT2D eigenvalue weighted by Gasteiger charge is 2.24. The van der Waals surface area contributed by atoms with E-state index in [4.69, 9.17) is 4.98 Å². The first-order valence-electron chi connectivity index (χ1n) is 10.2. The predicted molar refractivity (Wildman–Crippen MR) is 121 cm³/mol. The lowest BCUT2D eigenvalue weighted by molar-refractivity contribution is 0.471. The van der Waals surface area contributed by atoms with E-state index in [1.165, 1.54) is 29.2 Å². The molecule has 1 atom stereocenters. The molecule has 0 saturated carbocycles. The van der Waals surface area contributed by atoms with E-state index >= 15 is 0 Å². The number of anilines is 1. The average Bonchev–Trinajstić information content (AvgIpc) is 2.98. The van der Waals surface area contributed by atoms with Gasteiger partial charge in [0.15, 0.2) is 0 Å². The zero-order chi connectivity index (χ0) is 21.1. The van der Waals surface area contributed by atoms with Crippen LogP contribution >= 0.6 is 0 Å². The molecule has 1 unspecified atom stereocenters. The number of benzene rings is 2. The van der Waals surface area contributed by atoms with E-state index in [9.17, 15) is 8.42 Å². The van der Waals surface area contributed by atoms with Gasteiger partial charge in [0.05, 0.1) is 5.69 Å². The molecule has 7 nitrogen and oxygen atoms in total. The van der Waals surface area contributed by atoms with E-state index in [2.05, 4.69) is 44.9 Å². The third kappa shape index (κ3) is 4.61. The van der Waals surface area contributed by atoms with E-state index in [0.29, 0.717) is 12.5 Å². The first-order valence-corrected chi connectivity index (χ1v) is 11.6. The van der Waals surface area contributed by atoms with Crippen LogP contribution in [-0.4, -0.2) is 55.9 Å². The molecule has 0 aliphatic carbocycles. The quantitative estimate of drug-likeness (QED) is 0.680. The molecular formula is C22H27N5O2S. The maximum absolute atomic E-state index is 12.1. The second kappa shape index (κ2) is 8.67. The highest BCUT2D eigenvalue weighted by Crippen LogP contribution is 2.25. The minimum absolute atomic E-state index is 0.0777. The lowest BCUT2D eigenvalue weighted by atomic mass is 10.1. The van der Waals surface area contributed by atoms with Crippen molar-refractivity contribution in [3.8, 4) is 11.3 Å². The van der Waals surface area contributed by atoms with Crippen LogP contribution in [0.5, 0.6) is 0 Å². The Balaban J connectivity index is 1.51. The van der Waals surface area contributed by atoms with Crippen LogP contribution in [0.3, 0.4) is 0 Å². The van der Waals surface area contributed by atoms with Crippen molar-refractivity contribution in [1.82, 2.24) is 19.0 Å². The molecule has 1 fully saturated rings. The number of hydrogen-bond acceptors (Lipinski definition) is 5. The van der Waals surface area contributed by atoms with Gasteiger partial charge in [-0.25, -0.2) is 9.97 Å². The highest BCUT2D eigenvalue weighted by atomic mass is 32.2. The van der Waals surface area contributed by atoms with Gasteiger partial charge in [-0.1, -0.05) is 36.4 Å². The van der Waals surface area contributed by atoms with Crippen molar-refractivity contribution in [1.29, 1.82) is 0 Å². The Labute approximate surface area is 177 Å². The van der Waals surface area contributed by atoms with E-state index in [1.807, 2.05) is 18.2 Å². The van der Waals surface area contributed by atoms with E-state index in [-0.39, 0.29) is 6.04 Å². The van der Waals surface area contributed by atoms with Gasteiger partial charge >= 0.3 is 0 Å². The molecule has 1 saturated heterocycles. The Hall–Kier alpha value is -2.55. The van der Waals surface area contributed by atoms with E-state index in [0.717, 1.165) is 37.1 Å². The largest absolute Gasteiger partial charge is 0.341 e. The van der Waals surface area contributed by atoms with Crippen LogP contribution in [-0.2, 0) is 10.2 Å². The van der Waals surface area contributed by atoms with Gasteiger partial charge in [0, 0.05) is 45.0 Å². The summed E-state index contributed by atoms with van der Waals surface area (Å²) >= 11 is 0. The maximum Gasteiger partial charge on any atom is 0.279 e. The fourth-order valence-electron chi connectivity index (χ4n) is 3.74. The summed E-state index contributed by atoms with van der Waals surface area (Å²) in [6.45, 7) is 1.52. The van der Waals surface area contributed by atoms with Crippen molar-refractivity contribution in [3.05, 3.63) is 54.7 Å². The molecular weight excluding hydrogens is 398 g/mol. The van der Waals surface area contributed by atoms with Crippen molar-refractivity contribution in [2.45, 2.75) is 25.3 Å². The van der Waals surface area contributed by atoms with Crippen LogP contribution in [0.2, 0.25) is 0 Å². The molecule has 158 valence electrons. The van der Waals surface area contributed by atoms with Crippen LogP contribution in [0.25, 0.3) is 22.0 Å². The summed E-state index contributed by atoms with van der Waals surface area (Å²) in [7, 11) is -0.345. The minimum Gasteiger partial charge on any atom is -0.341 e. The molecule has 1 aromatic heterocycles. The van der Waals surface area contributed by atoms with Crippen molar-refractivity contribution < 1.29 is 8.42 Å². The summed E-state index contributed by atoms with van der Waals surface area (Å²) in [5.41, 5.74) is 1.95. The van der Waals surface area contributed by atoms with E-state index < -0.39 is 10.2 Å². The molecule has 1 N–H and O–H groups in total. The van der Waals surface area contributed by atoms with Gasteiger partial charge in [0.25, 0.3) is 10.2 Å². The third-order valence-corrected chi connectivity index (χ3v) is 7.09. The molecule has 2 heterocycles. The van der Waals surface area contributed by atoms with Gasteiger partial charge in [-0.2, -0.15) is 17.4 Å². The predicted octanol–water partition coefficient (Wildman–Crippen LogP) is 3.05. The van der Waals surface area contributed by atoms with Crippen LogP contribution in [0.1, 0.15) is 19.3 Å². The first-order chi connectivity index (χ1) is 14.4. The van der Waals surface area contributed by atoms with Gasteiger partial charge < -0.3 is 4.90 Å². The van der Waals surface area contributed by atoms with Gasteiger partial charge in [-0.15, -0.1) is 0 Å². The molecule has 0 spiro atoms. The van der Waals surface area contributed by atoms with Crippen molar-refractivity contribution in [2.24, 2.45) is 0 Å². The number of rotatable bonds is 5. The zero-order valence-corrected chi connectivity index (χ0v) is 18.1. The molecule has 1 aliphatic rings. The van der Waals surface area contributed by atoms with Crippen LogP contribution in [0.15, 0.2) is 54.7 Å². The van der Waals surface area contributed by atoms with E-state index in [1.54, 1.807) is 6.20 Å². The summed E-state index contributed by atoms with van der Waals surface area (Å²) in [6, 6.07) is 16.5. The molecule has 0 amide bonds. The molecule has 0 radical (unpaired) electrons. The van der Waals surface area contributed by atoms with Crippen molar-refractivity contribution >= 4 is 26.9 Å². The van der Waals surface area contributed by atoms with Gasteiger partial charge in [0.1, 0.15) is 0 Å². The first kappa shape index (κ1) is 20.7. The topological polar surface area (TPSA) is 78.4 Å². The van der Waals surface area contributed by atoms with Crippen molar-refractivity contribution in [3.63, 3.8) is 0 Å². The normalized spacial score (nSPS) is 18.0. The van der Waals surface area contributed by atoms with Crippen LogP contribution < -0.4 is 9.62 Å². The van der Waals surface area contributed by atoms with Gasteiger partial charge in [-0.3, -0.25) is 0 Å². The molecule has 3 aromatic rings. The van der Waals surface area contributed by atoms with Crippen molar-refractivity contribution in [2.75, 3.05) is 32.1 Å². The Bertz CT molecular complexity index is 1130. The standard InChI is InChI=1S/C22H27N5O2S/c1-26(2)30(28,29)25-20-8-5-14-27(15-12-20)22-23-13-11-21(24-22)19-10-9-17-6-3-4-7-18(17)16-19/h3-4,6-7,9-11,13,16,20,25H,5,8,12,14-15H2,1-2H3. The summed E-state index contributed by atoms with van der Waals surface area (Å²) < 4.78 is 28.3. The summed E-state index contributed by atoms with van der Waals surface area (Å²) in [4.78, 5) is 11.4. The Morgan fingerprint density at radius 2 is 1.83 bits per heavy atom. The Morgan fingerprint density at radius 3 is 2.63 bits per heavy atom. The second-order valence-corrected chi connectivity index (χ2v) is 9.74. The number of hydrogen-bond donors (Lipinski definition) is 1. The summed E-state index contributed by atoms with van der Waals surface area (Å²) in [5.74, 6) is 0.691. The lowest BCUT2D eigenvalue weighted by Gasteiger charge is -2.22. The number of nitrogens with one attached hydrogen (secondary N) is 1. The number of nitrogens with zero attached hydrogens (tertiary/aromatic N) is 4. The Morgan fingerprint density at radius 1 is 1.03 bits per heavy atom. The molecule has 4 rings (SSSR count). The minimum atomic E-state index is -3.42. The van der Waals surface area contributed by atoms with Gasteiger partial charge in [0.2, 0.25) is 5.95 Å². The average molecular weight is 426 g/mol. The smallest absolute Gasteiger partial charge is 0.279 e. The molecule has 1 aliphatic heterocycles. The summed E-state index contributed by atoms with van der Waals surface area (Å²) in [6.07, 6.45) is 4.19. The summed E-state index contributed by atoms with van der Waals surface area (Å²) in [5, 5.41) is 2.38. The van der Waals surface area contributed by atoms with Crippen LogP contribution in [0, 0.1) is 0 Å². The monoisotopic (exact) mass is 425 g/mol. The highest BCUT2D eigenvalue weighted by molar-refractivity contribution is 7.87. The molecule has 8 heteroatoms. The molecule has 0 bridgehead atoms. The fraction of sp³-hybridized carbons (Fsp3) is 0.364. The Kier molecular flexibility index (Phi) is 5.99. The number of fused-ring (bicyclic) bond motifs is 1. The fourth-order valence-corrected chi connectivity index (χ4v) is 4.61. The third-order valence-electron chi connectivity index (χ3n) is 5.50. The number of aromatic nitrogens is 2. The SMILES string of the molecule is CN(C)S(=O)(=O)NC1CCCN(c2nccc(-c3ccc4ccccc4c3)n2)CC1. The molecule has 2 aromatic carbocycles. The molecule has 30 heavy (non-hydrogen) atoms. The lowest BCUT2D eigenvalue weighted by Crippen LogP contribution is -2.42. The van der Waals surface area contributed by atoms with Crippen LogP contribution in [0.4, 0.5) is 5.95 Å². The maximum atomic E-state index is 12.1. The second-order valence-electron chi connectivity index (χ2n) is 7.82. The zero-order valence-electron chi connectivity index (χ0n) is 17.3. The van der Waals surface area contributed by atoms with Gasteiger partial charge in [-0.05, 0) is 42.2 Å².